The summed E-state index contributed by atoms with van der Waals surface area (Å²) in [5.74, 6) is 0. The van der Waals surface area contributed by atoms with Crippen LogP contribution in [0.3, 0.4) is 0 Å². The molecule has 3 aromatic heterocycles. The van der Waals surface area contributed by atoms with E-state index < -0.39 is 0 Å². The summed E-state index contributed by atoms with van der Waals surface area (Å²) in [6, 6.07) is 12.2. The molecule has 0 aliphatic heterocycles. The monoisotopic (exact) mass is 338 g/mol. The highest BCUT2D eigenvalue weighted by Crippen LogP contribution is 2.15. The molecule has 0 aliphatic carbocycles. The third-order valence-corrected chi connectivity index (χ3v) is 4.95. The first kappa shape index (κ1) is 15.1. The lowest BCUT2D eigenvalue weighted by atomic mass is 10.2. The average Bonchev–Trinajstić information content (AvgIpc) is 3.20. The van der Waals surface area contributed by atoms with Crippen LogP contribution in [0, 0.1) is 0 Å². The number of benzene rings is 1. The number of para-hydroxylation sites is 1. The van der Waals surface area contributed by atoms with Gasteiger partial charge in [0.05, 0.1) is 5.69 Å². The summed E-state index contributed by atoms with van der Waals surface area (Å²) in [5.41, 5.74) is 2.06. The normalized spacial score (nSPS) is 11.8. The maximum absolute atomic E-state index is 12.0. The van der Waals surface area contributed by atoms with E-state index in [0.29, 0.717) is 6.54 Å². The second-order valence-corrected chi connectivity index (χ2v) is 6.82. The molecule has 1 aromatic carbocycles. The van der Waals surface area contributed by atoms with Gasteiger partial charge in [-0.25, -0.2) is 4.98 Å². The summed E-state index contributed by atoms with van der Waals surface area (Å²) in [6.45, 7) is 2.47. The highest BCUT2D eigenvalue weighted by atomic mass is 32.1. The molecule has 0 saturated heterocycles. The van der Waals surface area contributed by atoms with E-state index in [-0.39, 0.29) is 5.56 Å². The first-order chi connectivity index (χ1) is 11.7. The Morgan fingerprint density at radius 2 is 2.08 bits per heavy atom. The Kier molecular flexibility index (Phi) is 3.92. The van der Waals surface area contributed by atoms with Gasteiger partial charge in [0.1, 0.15) is 0 Å². The van der Waals surface area contributed by atoms with E-state index in [1.165, 1.54) is 22.2 Å². The Hall–Kier alpha value is -2.44. The molecule has 4 aromatic rings. The average molecular weight is 338 g/mol. The molecule has 0 aliphatic rings. The van der Waals surface area contributed by atoms with Crippen molar-refractivity contribution in [2.24, 2.45) is 0 Å². The Morgan fingerprint density at radius 3 is 3.00 bits per heavy atom. The smallest absolute Gasteiger partial charge is 0.258 e. The summed E-state index contributed by atoms with van der Waals surface area (Å²) >= 11 is 1.48. The standard InChI is InChI=1S/C18H18N4OS/c1-20(8-9-21-7-6-14-4-2-3-5-16(14)21)13-15-12-17(23)22-10-11-24-18(22)19-15/h2-7,10-12H,8-9,13H2,1H3. The second-order valence-electron chi connectivity index (χ2n) is 5.95. The summed E-state index contributed by atoms with van der Waals surface area (Å²) < 4.78 is 3.84. The number of hydrogen-bond donors (Lipinski definition) is 0. The maximum atomic E-state index is 12.0. The number of likely N-dealkylation sites (N-methyl/N-ethyl adjacent to an activating group) is 1. The quantitative estimate of drug-likeness (QED) is 0.562. The minimum Gasteiger partial charge on any atom is -0.346 e. The van der Waals surface area contributed by atoms with Crippen molar-refractivity contribution in [1.82, 2.24) is 18.9 Å². The van der Waals surface area contributed by atoms with Crippen LogP contribution in [0.5, 0.6) is 0 Å². The first-order valence-corrected chi connectivity index (χ1v) is 8.77. The van der Waals surface area contributed by atoms with E-state index in [1.54, 1.807) is 16.7 Å². The third-order valence-electron chi connectivity index (χ3n) is 4.19. The molecule has 4 rings (SSSR count). The molecule has 0 N–H and O–H groups in total. The van der Waals surface area contributed by atoms with E-state index in [1.807, 2.05) is 5.38 Å². The number of aromatic nitrogens is 3. The lowest BCUT2D eigenvalue weighted by Gasteiger charge is -2.17. The lowest BCUT2D eigenvalue weighted by Crippen LogP contribution is -2.24. The van der Waals surface area contributed by atoms with Crippen LogP contribution in [0.1, 0.15) is 5.69 Å². The van der Waals surface area contributed by atoms with E-state index in [2.05, 4.69) is 58.0 Å². The minimum atomic E-state index is -0.0129. The Bertz CT molecular complexity index is 1050. The third kappa shape index (κ3) is 2.86. The van der Waals surface area contributed by atoms with Crippen LogP contribution in [0.4, 0.5) is 0 Å². The number of rotatable bonds is 5. The number of thiazole rings is 1. The van der Waals surface area contributed by atoms with Crippen LogP contribution in [0.25, 0.3) is 15.9 Å². The Balaban J connectivity index is 1.46. The summed E-state index contributed by atoms with van der Waals surface area (Å²) in [7, 11) is 2.06. The van der Waals surface area contributed by atoms with Gasteiger partial charge in [0.15, 0.2) is 4.96 Å². The molecule has 0 saturated carbocycles. The van der Waals surface area contributed by atoms with Crippen molar-refractivity contribution in [3.05, 3.63) is 70.2 Å². The highest BCUT2D eigenvalue weighted by molar-refractivity contribution is 7.15. The first-order valence-electron chi connectivity index (χ1n) is 7.89. The molecule has 0 amide bonds. The Morgan fingerprint density at radius 1 is 1.21 bits per heavy atom. The molecular weight excluding hydrogens is 320 g/mol. The molecule has 122 valence electrons. The van der Waals surface area contributed by atoms with Gasteiger partial charge in [-0.3, -0.25) is 14.1 Å². The number of hydrogen-bond acceptors (Lipinski definition) is 4. The molecule has 0 spiro atoms. The van der Waals surface area contributed by atoms with Crippen molar-refractivity contribution in [1.29, 1.82) is 0 Å². The van der Waals surface area contributed by atoms with Crippen molar-refractivity contribution < 1.29 is 0 Å². The van der Waals surface area contributed by atoms with Gasteiger partial charge in [0.2, 0.25) is 0 Å². The van der Waals surface area contributed by atoms with Crippen LogP contribution in [-0.4, -0.2) is 32.4 Å². The number of fused-ring (bicyclic) bond motifs is 2. The summed E-state index contributed by atoms with van der Waals surface area (Å²) in [6.07, 6.45) is 3.89. The van der Waals surface area contributed by atoms with E-state index >= 15 is 0 Å². The van der Waals surface area contributed by atoms with Crippen LogP contribution in [-0.2, 0) is 13.1 Å². The molecule has 6 heteroatoms. The summed E-state index contributed by atoms with van der Waals surface area (Å²) in [5, 5.41) is 3.15. The zero-order chi connectivity index (χ0) is 16.5. The van der Waals surface area contributed by atoms with Crippen molar-refractivity contribution in [3.8, 4) is 0 Å². The molecule has 24 heavy (non-hydrogen) atoms. The van der Waals surface area contributed by atoms with E-state index in [0.717, 1.165) is 23.7 Å². The topological polar surface area (TPSA) is 42.5 Å². The van der Waals surface area contributed by atoms with Gasteiger partial charge in [-0.15, -0.1) is 11.3 Å². The van der Waals surface area contributed by atoms with E-state index in [9.17, 15) is 4.79 Å². The molecule has 5 nitrogen and oxygen atoms in total. The van der Waals surface area contributed by atoms with Crippen LogP contribution in [0.2, 0.25) is 0 Å². The van der Waals surface area contributed by atoms with E-state index in [4.69, 9.17) is 0 Å². The SMILES string of the molecule is CN(CCn1ccc2ccccc21)Cc1cc(=O)n2ccsc2n1. The fourth-order valence-electron chi connectivity index (χ4n) is 2.94. The van der Waals surface area contributed by atoms with Gasteiger partial charge in [0, 0.05) is 49.0 Å². The summed E-state index contributed by atoms with van der Waals surface area (Å²) in [4.78, 5) is 19.6. The molecule has 0 fully saturated rings. The zero-order valence-corrected chi connectivity index (χ0v) is 14.2. The molecule has 0 radical (unpaired) electrons. The minimum absolute atomic E-state index is 0.0129. The molecule has 0 bridgehead atoms. The van der Waals surface area contributed by atoms with Crippen molar-refractivity contribution in [3.63, 3.8) is 0 Å². The van der Waals surface area contributed by atoms with Gasteiger partial charge in [0.25, 0.3) is 5.56 Å². The van der Waals surface area contributed by atoms with Gasteiger partial charge in [-0.1, -0.05) is 18.2 Å². The van der Waals surface area contributed by atoms with Crippen molar-refractivity contribution in [2.45, 2.75) is 13.1 Å². The predicted molar refractivity (Wildman–Crippen MR) is 97.6 cm³/mol. The lowest BCUT2D eigenvalue weighted by molar-refractivity contribution is 0.310. The van der Waals surface area contributed by atoms with Crippen LogP contribution < -0.4 is 5.56 Å². The predicted octanol–water partition coefficient (Wildman–Crippen LogP) is 2.84. The molecule has 3 heterocycles. The van der Waals surface area contributed by atoms with Gasteiger partial charge in [-0.2, -0.15) is 0 Å². The van der Waals surface area contributed by atoms with Gasteiger partial charge < -0.3 is 4.57 Å². The van der Waals surface area contributed by atoms with Gasteiger partial charge >= 0.3 is 0 Å². The van der Waals surface area contributed by atoms with Gasteiger partial charge in [-0.05, 0) is 24.6 Å². The fourth-order valence-corrected chi connectivity index (χ4v) is 3.68. The van der Waals surface area contributed by atoms with Crippen molar-refractivity contribution >= 4 is 27.2 Å². The highest BCUT2D eigenvalue weighted by Gasteiger charge is 2.07. The fraction of sp³-hybridized carbons (Fsp3) is 0.222. The van der Waals surface area contributed by atoms with Crippen LogP contribution in [0.15, 0.2) is 59.0 Å². The Labute approximate surface area is 143 Å². The molecule has 0 atom stereocenters. The van der Waals surface area contributed by atoms with Crippen LogP contribution >= 0.6 is 11.3 Å². The largest absolute Gasteiger partial charge is 0.346 e. The molecular formula is C18H18N4OS. The molecule has 0 unspecified atom stereocenters. The zero-order valence-electron chi connectivity index (χ0n) is 13.4. The van der Waals surface area contributed by atoms with Crippen molar-refractivity contribution in [2.75, 3.05) is 13.6 Å². The number of nitrogens with zero attached hydrogens (tertiary/aromatic N) is 4. The maximum Gasteiger partial charge on any atom is 0.258 e. The second kappa shape index (κ2) is 6.22.